The molecule has 81 heavy (non-hydrogen) atoms. The van der Waals surface area contributed by atoms with E-state index < -0.39 is 27.4 Å². The number of hydrogen-bond acceptors (Lipinski definition) is 15. The van der Waals surface area contributed by atoms with Gasteiger partial charge in [0.25, 0.3) is 21.8 Å². The molecule has 3 aromatic carbocycles. The van der Waals surface area contributed by atoms with Gasteiger partial charge in [0.1, 0.15) is 28.0 Å². The minimum atomic E-state index is -4.60. The molecule has 1 amide bonds. The molecule has 0 radical (unpaired) electrons. The third-order valence-corrected chi connectivity index (χ3v) is 19.4. The van der Waals surface area contributed by atoms with E-state index in [1.54, 1.807) is 32.2 Å². The summed E-state index contributed by atoms with van der Waals surface area (Å²) in [5.41, 5.74) is 6.38. The van der Waals surface area contributed by atoms with Crippen molar-refractivity contribution < 1.29 is 36.9 Å². The van der Waals surface area contributed by atoms with Crippen LogP contribution in [0.1, 0.15) is 147 Å². The lowest BCUT2D eigenvalue weighted by Gasteiger charge is -2.59. The Balaban J connectivity index is 0.802. The standard InChI is InChI=1S/C63H78FN8O8S/c1-7-79-61-58(33-50-52(64)18-19-53(50)67-61)80-57-31-44(15-17-49(57)60(73)68-81(76,77)45-32-55(69(5)75)59(66-35-45)65-34-41-20-23-62(4,74)24-21-41)71-28-25-63(26-29-71)38-72(39-63)54-22-27-70(37-51(54)48-11-9-8-10-46(48)40(2)3)36-42-12-16-47(43-13-14-43)56(30-42)78-6/h8-12,15-18,30-33,35,40-41,43,51,54,74H,7,13-14,19-29,34,36-39H2,1-6H3,(H,65,66)(H,68,73)/q-1. The third-order valence-electron chi connectivity index (χ3n) is 18.1. The Morgan fingerprint density at radius 1 is 0.938 bits per heavy atom. The van der Waals surface area contributed by atoms with Crippen molar-refractivity contribution >= 4 is 38.9 Å². The second-order valence-electron chi connectivity index (χ2n) is 24.3. The highest BCUT2D eigenvalue weighted by Gasteiger charge is 2.50. The summed E-state index contributed by atoms with van der Waals surface area (Å²) < 4.78 is 63.7. The summed E-state index contributed by atoms with van der Waals surface area (Å²) in [4.78, 5) is 30.6. The SMILES string of the molecule is CCOc1nc2c(cc1Oc1cc(N3CCC4(CC3)CN(C3CCN(Cc5ccc(C6CC6)c(OC)c5)CC3c3ccccc3C(C)C)C4)ccc1C(=O)NS(=O)(=O)c1cnc(NCC3CCC(C)(O)CC3)c(N(C)[O-])c1)C(F)=CC2. The van der Waals surface area contributed by atoms with E-state index in [9.17, 15) is 23.5 Å². The zero-order valence-corrected chi connectivity index (χ0v) is 48.5. The molecule has 2 saturated carbocycles. The average Bonchev–Trinajstić information content (AvgIpc) is 4.33. The van der Waals surface area contributed by atoms with Crippen LogP contribution in [0, 0.1) is 16.5 Å². The number of hydroxylamine groups is 1. The highest BCUT2D eigenvalue weighted by Crippen LogP contribution is 2.49. The summed E-state index contributed by atoms with van der Waals surface area (Å²) in [7, 11) is -1.57. The molecule has 0 bridgehead atoms. The van der Waals surface area contributed by atoms with Crippen molar-refractivity contribution in [3.8, 4) is 23.1 Å². The number of likely N-dealkylation sites (tertiary alicyclic amines) is 2. The number of sulfonamides is 1. The fraction of sp³-hybridized carbons (Fsp3) is 0.508. The molecule has 3 aliphatic heterocycles. The van der Waals surface area contributed by atoms with Gasteiger partial charge in [-0.05, 0) is 161 Å². The predicted octanol–water partition coefficient (Wildman–Crippen LogP) is 10.9. The van der Waals surface area contributed by atoms with Gasteiger partial charge in [0.05, 0.1) is 36.3 Å². The summed E-state index contributed by atoms with van der Waals surface area (Å²) >= 11 is 0. The molecule has 432 valence electrons. The minimum Gasteiger partial charge on any atom is -0.758 e. The number of aromatic nitrogens is 2. The molecule has 3 saturated heterocycles. The van der Waals surface area contributed by atoms with Crippen LogP contribution in [0.3, 0.4) is 0 Å². The minimum absolute atomic E-state index is 0.0201. The van der Waals surface area contributed by atoms with Crippen LogP contribution in [0.15, 0.2) is 90.0 Å². The van der Waals surface area contributed by atoms with Crippen LogP contribution < -0.4 is 34.2 Å². The second kappa shape index (κ2) is 23.1. The first-order valence-corrected chi connectivity index (χ1v) is 30.6. The monoisotopic (exact) mass is 1130 g/mol. The number of pyridine rings is 2. The molecular formula is C63H78FN8O8S-. The van der Waals surface area contributed by atoms with Crippen molar-refractivity contribution in [3.05, 3.63) is 129 Å². The van der Waals surface area contributed by atoms with Crippen molar-refractivity contribution in [1.82, 2.24) is 24.5 Å². The van der Waals surface area contributed by atoms with Crippen LogP contribution >= 0.6 is 0 Å². The maximum atomic E-state index is 15.1. The number of amides is 1. The van der Waals surface area contributed by atoms with Crippen molar-refractivity contribution in [3.63, 3.8) is 0 Å². The van der Waals surface area contributed by atoms with Gasteiger partial charge < -0.3 is 39.8 Å². The van der Waals surface area contributed by atoms with E-state index in [0.717, 1.165) is 95.6 Å². The van der Waals surface area contributed by atoms with Gasteiger partial charge in [-0.3, -0.25) is 14.6 Å². The molecular weight excluding hydrogens is 1050 g/mol. The van der Waals surface area contributed by atoms with E-state index in [1.807, 2.05) is 6.92 Å². The number of fused-ring (bicyclic) bond motifs is 1. The molecule has 1 spiro atoms. The molecule has 6 aliphatic rings. The van der Waals surface area contributed by atoms with Gasteiger partial charge >= 0.3 is 0 Å². The first-order valence-electron chi connectivity index (χ1n) is 29.1. The van der Waals surface area contributed by atoms with Crippen LogP contribution in [0.5, 0.6) is 23.1 Å². The highest BCUT2D eigenvalue weighted by molar-refractivity contribution is 7.90. The Hall–Kier alpha value is -6.31. The molecule has 3 aliphatic carbocycles. The number of benzene rings is 3. The lowest BCUT2D eigenvalue weighted by atomic mass is 9.69. The number of ether oxygens (including phenoxy) is 3. The van der Waals surface area contributed by atoms with Gasteiger partial charge in [-0.1, -0.05) is 50.2 Å². The Morgan fingerprint density at radius 2 is 1.70 bits per heavy atom. The summed E-state index contributed by atoms with van der Waals surface area (Å²) in [5.74, 6) is 1.62. The topological polar surface area (TPSA) is 185 Å². The van der Waals surface area contributed by atoms with Crippen LogP contribution in [0.4, 0.5) is 21.6 Å². The van der Waals surface area contributed by atoms with Gasteiger partial charge in [-0.25, -0.2) is 27.5 Å². The van der Waals surface area contributed by atoms with Crippen molar-refractivity contribution in [2.45, 2.75) is 133 Å². The van der Waals surface area contributed by atoms with Gasteiger partial charge in [0.2, 0.25) is 0 Å². The zero-order valence-electron chi connectivity index (χ0n) is 47.7. The van der Waals surface area contributed by atoms with E-state index >= 15 is 4.39 Å². The molecule has 3 N–H and O–H groups in total. The number of rotatable bonds is 19. The summed E-state index contributed by atoms with van der Waals surface area (Å²) in [6.07, 6.45) is 11.2. The van der Waals surface area contributed by atoms with Crippen molar-refractivity contribution in [2.24, 2.45) is 11.3 Å². The van der Waals surface area contributed by atoms with Gasteiger partial charge in [0.15, 0.2) is 5.75 Å². The molecule has 5 heterocycles. The number of nitrogens with zero attached hydrogens (tertiary/aromatic N) is 6. The Bertz CT molecular complexity index is 3270. The van der Waals surface area contributed by atoms with E-state index in [-0.39, 0.29) is 69.3 Å². The number of methoxy groups -OCH3 is 1. The normalized spacial score (nSPS) is 22.9. The first-order chi connectivity index (χ1) is 38.9. The summed E-state index contributed by atoms with van der Waals surface area (Å²) in [6, 6.07) is 24.1. The summed E-state index contributed by atoms with van der Waals surface area (Å²) in [5, 5.41) is 27.0. The Labute approximate surface area is 476 Å². The Morgan fingerprint density at radius 3 is 2.42 bits per heavy atom. The number of halogens is 1. The number of allylic oxidation sites excluding steroid dienone is 1. The van der Waals surface area contributed by atoms with Crippen LogP contribution in [0.2, 0.25) is 0 Å². The lowest BCUT2D eigenvalue weighted by Crippen LogP contribution is -2.65. The molecule has 2 aromatic heterocycles. The van der Waals surface area contributed by atoms with Crippen LogP contribution in [-0.2, 0) is 23.0 Å². The maximum Gasteiger partial charge on any atom is 0.268 e. The number of nitrogens with one attached hydrogen (secondary N) is 2. The van der Waals surface area contributed by atoms with Crippen molar-refractivity contribution in [1.29, 1.82) is 0 Å². The molecule has 2 unspecified atom stereocenters. The van der Waals surface area contributed by atoms with E-state index in [4.69, 9.17) is 14.2 Å². The number of piperidine rings is 2. The van der Waals surface area contributed by atoms with E-state index in [1.165, 1.54) is 60.4 Å². The molecule has 18 heteroatoms. The second-order valence-corrected chi connectivity index (χ2v) is 26.0. The van der Waals surface area contributed by atoms with Crippen molar-refractivity contribution in [2.75, 3.05) is 81.9 Å². The molecule has 5 fully saturated rings. The van der Waals surface area contributed by atoms with Gasteiger partial charge in [0, 0.05) is 94.3 Å². The molecule has 2 atom stereocenters. The quantitative estimate of drug-likeness (QED) is 0.0663. The highest BCUT2D eigenvalue weighted by atomic mass is 32.2. The summed E-state index contributed by atoms with van der Waals surface area (Å²) in [6.45, 7) is 15.4. The van der Waals surface area contributed by atoms with Gasteiger partial charge in [-0.15, -0.1) is 0 Å². The van der Waals surface area contributed by atoms with Crippen LogP contribution in [0.25, 0.3) is 5.83 Å². The molecule has 16 nitrogen and oxygen atoms in total. The molecule has 11 rings (SSSR count). The zero-order chi connectivity index (χ0) is 56.8. The fourth-order valence-electron chi connectivity index (χ4n) is 13.2. The number of aliphatic hydroxyl groups is 1. The molecule has 5 aromatic rings. The predicted molar refractivity (Wildman–Crippen MR) is 314 cm³/mol. The average molecular weight is 1130 g/mol. The number of carbonyl (C=O) groups excluding carboxylic acids is 1. The fourth-order valence-corrected chi connectivity index (χ4v) is 14.2. The van der Waals surface area contributed by atoms with E-state index in [2.05, 4.69) is 91.0 Å². The van der Waals surface area contributed by atoms with Gasteiger partial charge in [-0.2, -0.15) is 0 Å². The maximum absolute atomic E-state index is 15.1. The first kappa shape index (κ1) is 56.5. The van der Waals surface area contributed by atoms with E-state index in [0.29, 0.717) is 53.9 Å². The Kier molecular flexibility index (Phi) is 16.2. The number of carbonyl (C=O) groups is 1. The van der Waals surface area contributed by atoms with Crippen LogP contribution in [-0.4, -0.2) is 117 Å². The largest absolute Gasteiger partial charge is 0.758 e. The smallest absolute Gasteiger partial charge is 0.268 e. The third kappa shape index (κ3) is 12.3. The number of anilines is 3. The lowest BCUT2D eigenvalue weighted by molar-refractivity contribution is -0.0686. The number of hydrogen-bond donors (Lipinski definition) is 3.